The first-order valence-corrected chi connectivity index (χ1v) is 7.25. The van der Waals surface area contributed by atoms with Crippen LogP contribution in [0.2, 0.25) is 0 Å². The Morgan fingerprint density at radius 1 is 1.52 bits per heavy atom. The van der Waals surface area contributed by atoms with Gasteiger partial charge in [-0.3, -0.25) is 4.79 Å². The third kappa shape index (κ3) is 3.85. The van der Waals surface area contributed by atoms with E-state index in [9.17, 15) is 9.59 Å². The third-order valence-electron chi connectivity index (χ3n) is 2.63. The molecule has 0 aliphatic rings. The lowest BCUT2D eigenvalue weighted by molar-refractivity contribution is -0.122. The maximum atomic E-state index is 12.0. The second-order valence-electron chi connectivity index (χ2n) is 4.19. The van der Waals surface area contributed by atoms with E-state index in [0.29, 0.717) is 0 Å². The zero-order valence-corrected chi connectivity index (χ0v) is 12.5. The standard InChI is InChI=1S/C12H15N5O3S/c1-3-20-12(19)11-14-15-16-17(11)7-10(18)13-8(2)9-5-4-6-21-9/h4-6,8H,3,7H2,1-2H3,(H,13,18). The van der Waals surface area contributed by atoms with Gasteiger partial charge in [0.1, 0.15) is 6.54 Å². The van der Waals surface area contributed by atoms with Gasteiger partial charge < -0.3 is 10.1 Å². The molecule has 112 valence electrons. The molecule has 0 aromatic carbocycles. The van der Waals surface area contributed by atoms with Crippen LogP contribution in [0.4, 0.5) is 0 Å². The average Bonchev–Trinajstić information content (AvgIpc) is 3.09. The summed E-state index contributed by atoms with van der Waals surface area (Å²) in [5.74, 6) is -1.02. The summed E-state index contributed by atoms with van der Waals surface area (Å²) in [6, 6.07) is 3.75. The summed E-state index contributed by atoms with van der Waals surface area (Å²) >= 11 is 1.56. The fourth-order valence-electron chi connectivity index (χ4n) is 1.68. The number of ether oxygens (including phenoxy) is 1. The quantitative estimate of drug-likeness (QED) is 0.792. The number of carbonyl (C=O) groups is 2. The first kappa shape index (κ1) is 15.1. The molecule has 1 amide bonds. The molecule has 1 atom stereocenters. The highest BCUT2D eigenvalue weighted by molar-refractivity contribution is 7.10. The smallest absolute Gasteiger partial charge is 0.378 e. The van der Waals surface area contributed by atoms with Crippen LogP contribution in [0.1, 0.15) is 35.4 Å². The zero-order valence-electron chi connectivity index (χ0n) is 11.6. The molecular weight excluding hydrogens is 294 g/mol. The highest BCUT2D eigenvalue weighted by atomic mass is 32.1. The second kappa shape index (κ2) is 6.93. The predicted molar refractivity (Wildman–Crippen MR) is 74.7 cm³/mol. The second-order valence-corrected chi connectivity index (χ2v) is 5.16. The SMILES string of the molecule is CCOC(=O)c1nnnn1CC(=O)NC(C)c1cccs1. The lowest BCUT2D eigenvalue weighted by Gasteiger charge is -2.12. The zero-order chi connectivity index (χ0) is 15.2. The molecule has 1 N–H and O–H groups in total. The van der Waals surface area contributed by atoms with Crippen LogP contribution in [0.3, 0.4) is 0 Å². The van der Waals surface area contributed by atoms with Crippen LogP contribution in [0.5, 0.6) is 0 Å². The van der Waals surface area contributed by atoms with Crippen LogP contribution < -0.4 is 5.32 Å². The van der Waals surface area contributed by atoms with Crippen molar-refractivity contribution in [2.45, 2.75) is 26.4 Å². The molecule has 8 nitrogen and oxygen atoms in total. The van der Waals surface area contributed by atoms with Gasteiger partial charge >= 0.3 is 5.97 Å². The molecule has 1 unspecified atom stereocenters. The fraction of sp³-hybridized carbons (Fsp3) is 0.417. The van der Waals surface area contributed by atoms with E-state index in [1.807, 2.05) is 24.4 Å². The van der Waals surface area contributed by atoms with Gasteiger partial charge in [0.2, 0.25) is 5.91 Å². The van der Waals surface area contributed by atoms with Crippen LogP contribution in [0.25, 0.3) is 0 Å². The Morgan fingerprint density at radius 3 is 3.00 bits per heavy atom. The molecule has 0 aliphatic heterocycles. The van der Waals surface area contributed by atoms with Gasteiger partial charge in [-0.15, -0.1) is 16.4 Å². The summed E-state index contributed by atoms with van der Waals surface area (Å²) in [5.41, 5.74) is 0. The van der Waals surface area contributed by atoms with Crippen LogP contribution in [0, 0.1) is 0 Å². The highest BCUT2D eigenvalue weighted by Gasteiger charge is 2.19. The molecule has 2 heterocycles. The number of thiophene rings is 1. The number of nitrogens with one attached hydrogen (secondary N) is 1. The maximum absolute atomic E-state index is 12.0. The van der Waals surface area contributed by atoms with Gasteiger partial charge in [-0.05, 0) is 35.7 Å². The number of hydrogen-bond acceptors (Lipinski definition) is 7. The summed E-state index contributed by atoms with van der Waals surface area (Å²) in [7, 11) is 0. The van der Waals surface area contributed by atoms with Gasteiger partial charge in [-0.1, -0.05) is 6.07 Å². The van der Waals surface area contributed by atoms with Crippen molar-refractivity contribution in [3.05, 3.63) is 28.2 Å². The van der Waals surface area contributed by atoms with Crippen molar-refractivity contribution in [2.75, 3.05) is 6.61 Å². The normalized spacial score (nSPS) is 11.9. The Morgan fingerprint density at radius 2 is 2.33 bits per heavy atom. The van der Waals surface area contributed by atoms with Crippen LogP contribution in [-0.4, -0.2) is 38.7 Å². The summed E-state index contributed by atoms with van der Waals surface area (Å²) in [4.78, 5) is 24.6. The minimum Gasteiger partial charge on any atom is -0.460 e. The van der Waals surface area contributed by atoms with E-state index in [1.165, 1.54) is 0 Å². The van der Waals surface area contributed by atoms with Crippen molar-refractivity contribution in [2.24, 2.45) is 0 Å². The van der Waals surface area contributed by atoms with Crippen molar-refractivity contribution >= 4 is 23.2 Å². The van der Waals surface area contributed by atoms with E-state index in [1.54, 1.807) is 18.3 Å². The number of hydrogen-bond donors (Lipinski definition) is 1. The van der Waals surface area contributed by atoms with Crippen molar-refractivity contribution in [1.29, 1.82) is 0 Å². The molecule has 9 heteroatoms. The molecule has 2 aromatic heterocycles. The number of esters is 1. The molecule has 0 bridgehead atoms. The van der Waals surface area contributed by atoms with E-state index >= 15 is 0 Å². The highest BCUT2D eigenvalue weighted by Crippen LogP contribution is 2.17. The molecule has 0 saturated heterocycles. The van der Waals surface area contributed by atoms with E-state index in [4.69, 9.17) is 4.74 Å². The largest absolute Gasteiger partial charge is 0.460 e. The fourth-order valence-corrected chi connectivity index (χ4v) is 2.42. The first-order valence-electron chi connectivity index (χ1n) is 6.38. The van der Waals surface area contributed by atoms with Crippen molar-refractivity contribution < 1.29 is 14.3 Å². The van der Waals surface area contributed by atoms with Gasteiger partial charge in [-0.2, -0.15) is 0 Å². The summed E-state index contributed by atoms with van der Waals surface area (Å²) in [5, 5.41) is 15.3. The molecule has 2 rings (SSSR count). The van der Waals surface area contributed by atoms with E-state index < -0.39 is 5.97 Å². The number of aromatic nitrogens is 4. The molecule has 21 heavy (non-hydrogen) atoms. The first-order chi connectivity index (χ1) is 10.1. The van der Waals surface area contributed by atoms with Crippen molar-refractivity contribution in [1.82, 2.24) is 25.5 Å². The molecule has 2 aromatic rings. The van der Waals surface area contributed by atoms with Gasteiger partial charge in [0.05, 0.1) is 12.6 Å². The van der Waals surface area contributed by atoms with Gasteiger partial charge in [-0.25, -0.2) is 9.48 Å². The Labute approximate surface area is 125 Å². The Bertz CT molecular complexity index is 610. The van der Waals surface area contributed by atoms with E-state index in [0.717, 1.165) is 9.56 Å². The average molecular weight is 309 g/mol. The van der Waals surface area contributed by atoms with E-state index in [2.05, 4.69) is 20.8 Å². The van der Waals surface area contributed by atoms with Crippen molar-refractivity contribution in [3.8, 4) is 0 Å². The van der Waals surface area contributed by atoms with Crippen LogP contribution in [0.15, 0.2) is 17.5 Å². The number of rotatable bonds is 6. The molecular formula is C12H15N5O3S. The summed E-state index contributed by atoms with van der Waals surface area (Å²) in [6.45, 7) is 3.64. The summed E-state index contributed by atoms with van der Waals surface area (Å²) < 4.78 is 5.94. The van der Waals surface area contributed by atoms with Gasteiger partial charge in [0.15, 0.2) is 0 Å². The third-order valence-corrected chi connectivity index (χ3v) is 3.69. The Kier molecular flexibility index (Phi) is 4.99. The molecule has 0 saturated carbocycles. The van der Waals surface area contributed by atoms with E-state index in [-0.39, 0.29) is 30.9 Å². The van der Waals surface area contributed by atoms with Crippen LogP contribution >= 0.6 is 11.3 Å². The minimum atomic E-state index is -0.651. The minimum absolute atomic E-state index is 0.0872. The van der Waals surface area contributed by atoms with Crippen LogP contribution in [-0.2, 0) is 16.1 Å². The summed E-state index contributed by atoms with van der Waals surface area (Å²) in [6.07, 6.45) is 0. The topological polar surface area (TPSA) is 99.0 Å². The Balaban J connectivity index is 1.97. The Hall–Kier alpha value is -2.29. The molecule has 0 spiro atoms. The number of carbonyl (C=O) groups excluding carboxylic acids is 2. The monoisotopic (exact) mass is 309 g/mol. The lowest BCUT2D eigenvalue weighted by Crippen LogP contribution is -2.31. The number of amides is 1. The van der Waals surface area contributed by atoms with Gasteiger partial charge in [0, 0.05) is 4.88 Å². The number of nitrogens with zero attached hydrogens (tertiary/aromatic N) is 4. The number of tetrazole rings is 1. The molecule has 0 radical (unpaired) electrons. The lowest BCUT2D eigenvalue weighted by atomic mass is 10.3. The predicted octanol–water partition coefficient (Wildman–Crippen LogP) is 0.789. The molecule has 0 aliphatic carbocycles. The molecule has 0 fully saturated rings. The van der Waals surface area contributed by atoms with Gasteiger partial charge in [0.25, 0.3) is 5.82 Å². The van der Waals surface area contributed by atoms with Crippen molar-refractivity contribution in [3.63, 3.8) is 0 Å². The maximum Gasteiger partial charge on any atom is 0.378 e.